The smallest absolute Gasteiger partial charge is 0.265 e. The summed E-state index contributed by atoms with van der Waals surface area (Å²) in [4.78, 5) is 180. The molecule has 0 amide bonds. The summed E-state index contributed by atoms with van der Waals surface area (Å²) in [5.41, 5.74) is -4.42. The lowest BCUT2D eigenvalue weighted by Gasteiger charge is -2.13. The van der Waals surface area contributed by atoms with Gasteiger partial charge in [0.2, 0.25) is 5.82 Å². The number of pyridine rings is 5. The van der Waals surface area contributed by atoms with Crippen molar-refractivity contribution in [1.29, 1.82) is 0 Å². The first kappa shape index (κ1) is 108. The highest BCUT2D eigenvalue weighted by Crippen LogP contribution is 2.40. The van der Waals surface area contributed by atoms with Crippen LogP contribution in [-0.2, 0) is 59.2 Å². The molecule has 0 fully saturated rings. The molecular formula is C105H85F10N5O25. The zero-order chi connectivity index (χ0) is 106. The van der Waals surface area contributed by atoms with E-state index in [4.69, 9.17) is 23.7 Å². The molecule has 15 rings (SSSR count). The summed E-state index contributed by atoms with van der Waals surface area (Å²) in [5, 5.41) is 53.5. The number of aromatic nitrogens is 5. The molecule has 30 nitrogen and oxygen atoms in total. The number of aryl methyl sites for hydroxylation is 5. The maximum Gasteiger partial charge on any atom is 0.265 e. The number of ether oxygens (including phenoxy) is 5. The molecule has 145 heavy (non-hydrogen) atoms. The van der Waals surface area contributed by atoms with E-state index in [2.05, 4.69) is 0 Å². The number of hydrogen-bond acceptors (Lipinski definition) is 25. The number of halogens is 10. The predicted octanol–water partition coefficient (Wildman–Crippen LogP) is 19.3. The molecule has 0 saturated heterocycles. The van der Waals surface area contributed by atoms with E-state index in [1.165, 1.54) is 190 Å². The van der Waals surface area contributed by atoms with Gasteiger partial charge in [-0.25, -0.2) is 39.5 Å². The number of Topliss-reactive ketones (excluding diaryl/α,β-unsaturated/α-hetero) is 10. The SMILES string of the molecule is CC(=O)CCC(=O)c1c(O)c2ccc(Oc3c(F)cccc3F)cc2n(C)c1=O.CC(=O)CCC(=O)c1c(O)c2ccc(Oc3cc(F)cc(F)c3)cc2n(C)c1=O.CC(=O)CCC(=O)c1c(O)c2ccc(Oc3ccc(F)c(F)c3)cc2n(C)c1=O.CC(=O)CCC(=O)c1c(O)c2ccc(Oc3ccc(F)cc3F)cc2n(C)c1=O.CC(=O)CCC(=O)c1c(O)c2ccc(Oc3cccc(F)c3F)cc2n(C)c1=O. The van der Waals surface area contributed by atoms with Crippen LogP contribution in [0.2, 0.25) is 0 Å². The number of aromatic hydroxyl groups is 5. The average Bonchev–Trinajstić information content (AvgIpc) is 0.778. The number of para-hydroxylation sites is 1. The third-order valence-corrected chi connectivity index (χ3v) is 22.2. The van der Waals surface area contributed by atoms with Crippen LogP contribution in [0.5, 0.6) is 86.2 Å². The minimum atomic E-state index is -1.16. The van der Waals surface area contributed by atoms with Gasteiger partial charge in [0.25, 0.3) is 27.8 Å². The highest BCUT2D eigenvalue weighted by atomic mass is 19.2. The minimum Gasteiger partial charge on any atom is -0.506 e. The van der Waals surface area contributed by atoms with Crippen LogP contribution in [0.4, 0.5) is 43.9 Å². The average molecular weight is 2010 g/mol. The summed E-state index contributed by atoms with van der Waals surface area (Å²) in [5.74, 6) is -16.5. The van der Waals surface area contributed by atoms with Gasteiger partial charge in [-0.05, 0) is 144 Å². The van der Waals surface area contributed by atoms with Gasteiger partial charge < -0.3 is 96.0 Å². The van der Waals surface area contributed by atoms with Crippen molar-refractivity contribution in [1.82, 2.24) is 22.8 Å². The highest BCUT2D eigenvalue weighted by Gasteiger charge is 2.30. The Morgan fingerprint density at radius 2 is 0.510 bits per heavy atom. The van der Waals surface area contributed by atoms with Crippen LogP contribution in [-0.4, -0.2) is 106 Å². The second-order valence-electron chi connectivity index (χ2n) is 32.8. The molecule has 10 aromatic carbocycles. The molecule has 40 heteroatoms. The molecule has 0 aliphatic rings. The molecule has 5 N–H and O–H groups in total. The summed E-state index contributed by atoms with van der Waals surface area (Å²) in [6.07, 6.45) is -1.11. The highest BCUT2D eigenvalue weighted by molar-refractivity contribution is 6.09. The summed E-state index contributed by atoms with van der Waals surface area (Å²) in [6, 6.07) is 36.4. The van der Waals surface area contributed by atoms with Gasteiger partial charge in [0, 0.05) is 187 Å². The van der Waals surface area contributed by atoms with Crippen LogP contribution < -0.4 is 51.5 Å². The molecule has 0 saturated carbocycles. The molecule has 0 bridgehead atoms. The predicted molar refractivity (Wildman–Crippen MR) is 508 cm³/mol. The number of hydrogen-bond donors (Lipinski definition) is 5. The number of ketones is 10. The largest absolute Gasteiger partial charge is 0.506 e. The van der Waals surface area contributed by atoms with Gasteiger partial charge in [0.05, 0.1) is 27.6 Å². The van der Waals surface area contributed by atoms with E-state index in [1.807, 2.05) is 0 Å². The Bertz CT molecular complexity index is 8150. The molecule has 750 valence electrons. The third-order valence-electron chi connectivity index (χ3n) is 22.2. The fourth-order valence-corrected chi connectivity index (χ4v) is 14.6. The molecule has 0 aliphatic carbocycles. The van der Waals surface area contributed by atoms with Gasteiger partial charge >= 0.3 is 0 Å². The summed E-state index contributed by atoms with van der Waals surface area (Å²) in [7, 11) is 7.04. The summed E-state index contributed by atoms with van der Waals surface area (Å²) in [6.45, 7) is 6.65. The van der Waals surface area contributed by atoms with Crippen LogP contribution in [0, 0.1) is 58.2 Å². The standard InChI is InChI=1S/5C21H17F2NO5/c1-11(25)3-7-17(26)19-20(27)14-6-5-13(10-16(14)24(2)21(19)28)29-18-8-4-12(22)9-15(18)23;1-11(25)3-8-18(26)19-20(27)14-6-4-13(10-17(14)24(2)21(19)28)29-12-5-7-15(22)16(23)9-12;1-11(25)3-6-18(26)19-20(27)16-5-4-14(10-17(16)24(2)21(19)28)29-15-8-12(22)7-13(23)9-15;1-11(25)6-9-16(26)18-20(27)13-8-7-12(10-15(13)24(2)21(18)28)29-17-5-3-4-14(22)19(17)23;1-11(25)6-9-17(26)18-19(27)13-8-7-12(10-16(13)24(2)21(18)28)29-20-14(22)4-3-5-15(20)23/h4-6,8-10,27H,3,7H2,1-2H3;4-7,9-10,27H,3,8H2,1-2H3;4-5,7-10,27H,3,6H2,1-2H3;2*3-5,7-8,10,27H,6,9H2,1-2H3. The second-order valence-corrected chi connectivity index (χ2v) is 32.8. The quantitative estimate of drug-likeness (QED) is 0.0206. The first-order valence-corrected chi connectivity index (χ1v) is 43.5. The first-order chi connectivity index (χ1) is 68.4. The topological polar surface area (TPSA) is 428 Å². The van der Waals surface area contributed by atoms with Crippen molar-refractivity contribution in [2.24, 2.45) is 35.2 Å². The molecule has 0 unspecified atom stereocenters. The zero-order valence-corrected chi connectivity index (χ0v) is 78.3. The molecule has 15 aromatic rings. The molecule has 5 heterocycles. The van der Waals surface area contributed by atoms with E-state index in [0.29, 0.717) is 12.1 Å². The normalized spacial score (nSPS) is 10.9. The van der Waals surface area contributed by atoms with Crippen LogP contribution in [0.15, 0.2) is 206 Å². The number of carbonyl (C=O) groups excluding carboxylic acids is 10. The van der Waals surface area contributed by atoms with Crippen molar-refractivity contribution in [3.8, 4) is 86.2 Å². The van der Waals surface area contributed by atoms with Crippen molar-refractivity contribution in [2.75, 3.05) is 0 Å². The van der Waals surface area contributed by atoms with E-state index < -0.39 is 161 Å². The number of nitrogens with zero attached hydrogens (tertiary/aromatic N) is 5. The van der Waals surface area contributed by atoms with Crippen molar-refractivity contribution < 1.29 is 141 Å². The first-order valence-electron chi connectivity index (χ1n) is 43.5. The van der Waals surface area contributed by atoms with Gasteiger partial charge in [-0.2, -0.15) is 4.39 Å². The van der Waals surface area contributed by atoms with Crippen LogP contribution in [0.25, 0.3) is 54.5 Å². The molecule has 0 atom stereocenters. The zero-order valence-electron chi connectivity index (χ0n) is 78.3. The molecule has 5 aromatic heterocycles. The van der Waals surface area contributed by atoms with E-state index >= 15 is 0 Å². The van der Waals surface area contributed by atoms with Gasteiger partial charge in [-0.15, -0.1) is 0 Å². The Morgan fingerprint density at radius 1 is 0.241 bits per heavy atom. The number of rotatable bonds is 30. The number of carbonyl (C=O) groups is 10. The van der Waals surface area contributed by atoms with Crippen LogP contribution in [0.1, 0.15) is 151 Å². The number of benzene rings is 10. The van der Waals surface area contributed by atoms with Crippen molar-refractivity contribution >= 4 is 112 Å². The lowest BCUT2D eigenvalue weighted by Crippen LogP contribution is -2.25. The minimum absolute atomic E-state index is 0.0273. The maximum absolute atomic E-state index is 13.8. The van der Waals surface area contributed by atoms with Crippen LogP contribution >= 0.6 is 0 Å². The Labute approximate surface area is 812 Å². The Kier molecular flexibility index (Phi) is 34.2. The van der Waals surface area contributed by atoms with Gasteiger partial charge in [-0.1, -0.05) is 12.1 Å². The van der Waals surface area contributed by atoms with E-state index in [1.54, 1.807) is 0 Å². The van der Waals surface area contributed by atoms with E-state index in [0.717, 1.165) is 72.9 Å². The fourth-order valence-electron chi connectivity index (χ4n) is 14.6. The third kappa shape index (κ3) is 25.2. The Balaban J connectivity index is 0.000000173. The van der Waals surface area contributed by atoms with E-state index in [-0.39, 0.29) is 216 Å². The fraction of sp³-hybridized carbons (Fsp3) is 0.190. The van der Waals surface area contributed by atoms with Gasteiger partial charge in [0.1, 0.15) is 143 Å². The lowest BCUT2D eigenvalue weighted by molar-refractivity contribution is -0.117. The van der Waals surface area contributed by atoms with Crippen molar-refractivity contribution in [3.05, 3.63) is 320 Å². The second kappa shape index (κ2) is 46.1. The molecular weight excluding hydrogens is 1920 g/mol. The molecule has 0 aliphatic heterocycles. The maximum atomic E-state index is 13.8. The Morgan fingerprint density at radius 3 is 0.814 bits per heavy atom. The van der Waals surface area contributed by atoms with E-state index in [9.17, 15) is 141 Å². The van der Waals surface area contributed by atoms with Crippen LogP contribution in [0.3, 0.4) is 0 Å². The lowest BCUT2D eigenvalue weighted by atomic mass is 10.0. The number of fused-ring (bicyclic) bond motifs is 5. The monoisotopic (exact) mass is 2010 g/mol. The Hall–Kier alpha value is -17.8. The molecule has 0 spiro atoms. The summed E-state index contributed by atoms with van der Waals surface area (Å²) >= 11 is 0. The molecule has 0 radical (unpaired) electrons. The van der Waals surface area contributed by atoms with Gasteiger partial charge in [0.15, 0.2) is 81.1 Å². The summed E-state index contributed by atoms with van der Waals surface area (Å²) < 4.78 is 167. The van der Waals surface area contributed by atoms with Gasteiger partial charge in [-0.3, -0.25) is 47.9 Å². The van der Waals surface area contributed by atoms with Crippen molar-refractivity contribution in [3.63, 3.8) is 0 Å². The van der Waals surface area contributed by atoms with Crippen molar-refractivity contribution in [2.45, 2.75) is 98.8 Å².